The predicted molar refractivity (Wildman–Crippen MR) is 54.8 cm³/mol. The van der Waals surface area contributed by atoms with Crippen LogP contribution < -0.4 is 5.32 Å². The Kier molecular flexibility index (Phi) is 6.00. The number of halogens is 5. The monoisotopic (exact) mass is 269 g/mol. The van der Waals surface area contributed by atoms with Crippen molar-refractivity contribution in [2.45, 2.75) is 13.0 Å². The molecule has 1 aromatic rings. The minimum Gasteiger partial charge on any atom is -0.374 e. The van der Waals surface area contributed by atoms with Crippen LogP contribution in [0.3, 0.4) is 0 Å². The Morgan fingerprint density at radius 2 is 1.72 bits per heavy atom. The molecule has 0 atom stereocenters. The summed E-state index contributed by atoms with van der Waals surface area (Å²) in [5.74, 6) is -3.26. The van der Waals surface area contributed by atoms with E-state index in [2.05, 4.69) is 10.1 Å². The lowest BCUT2D eigenvalue weighted by molar-refractivity contribution is 0.0187. The molecule has 1 rings (SSSR count). The molecule has 0 saturated carbocycles. The third-order valence-corrected chi connectivity index (χ3v) is 2.07. The van der Waals surface area contributed by atoms with Crippen molar-refractivity contribution in [1.82, 2.24) is 5.32 Å². The third kappa shape index (κ3) is 4.97. The van der Waals surface area contributed by atoms with Crippen LogP contribution in [0.2, 0.25) is 0 Å². The van der Waals surface area contributed by atoms with E-state index in [0.29, 0.717) is 6.07 Å². The van der Waals surface area contributed by atoms with Gasteiger partial charge in [-0.05, 0) is 6.07 Å². The fraction of sp³-hybridized carbons (Fsp3) is 0.455. The molecule has 7 heteroatoms. The molecule has 0 heterocycles. The maximum absolute atomic E-state index is 13.1. The molecule has 0 bridgehead atoms. The summed E-state index contributed by atoms with van der Waals surface area (Å²) in [6.45, 7) is -0.483. The Balaban J connectivity index is 2.29. The molecule has 0 saturated heterocycles. The van der Waals surface area contributed by atoms with Gasteiger partial charge in [-0.15, -0.1) is 0 Å². The van der Waals surface area contributed by atoms with Crippen molar-refractivity contribution in [3.05, 3.63) is 35.1 Å². The van der Waals surface area contributed by atoms with Gasteiger partial charge in [-0.25, -0.2) is 22.0 Å². The molecule has 0 spiro atoms. The van der Waals surface area contributed by atoms with Crippen LogP contribution in [0.15, 0.2) is 12.1 Å². The molecule has 0 radical (unpaired) electrons. The number of nitrogens with one attached hydrogen (secondary N) is 1. The molecule has 1 N–H and O–H groups in total. The van der Waals surface area contributed by atoms with E-state index in [0.717, 1.165) is 6.07 Å². The second-order valence-electron chi connectivity index (χ2n) is 3.50. The second-order valence-corrected chi connectivity index (χ2v) is 3.50. The molecule has 0 aromatic heterocycles. The van der Waals surface area contributed by atoms with Gasteiger partial charge >= 0.3 is 0 Å². The zero-order valence-corrected chi connectivity index (χ0v) is 9.36. The number of hydrogen-bond acceptors (Lipinski definition) is 2. The van der Waals surface area contributed by atoms with Gasteiger partial charge in [-0.1, -0.05) is 0 Å². The topological polar surface area (TPSA) is 21.3 Å². The molecule has 0 fully saturated rings. The molecule has 102 valence electrons. The molecular formula is C11H12F5NO. The third-order valence-electron chi connectivity index (χ3n) is 2.07. The molecule has 1 aromatic carbocycles. The van der Waals surface area contributed by atoms with Crippen molar-refractivity contribution >= 4 is 0 Å². The van der Waals surface area contributed by atoms with E-state index in [4.69, 9.17) is 0 Å². The summed E-state index contributed by atoms with van der Waals surface area (Å²) in [7, 11) is 0. The van der Waals surface area contributed by atoms with Gasteiger partial charge in [0.05, 0.1) is 6.61 Å². The highest BCUT2D eigenvalue weighted by Gasteiger charge is 2.09. The molecule has 2 nitrogen and oxygen atoms in total. The molecule has 0 aliphatic carbocycles. The minimum atomic E-state index is -2.53. The average molecular weight is 269 g/mol. The highest BCUT2D eigenvalue weighted by molar-refractivity contribution is 5.19. The van der Waals surface area contributed by atoms with Gasteiger partial charge in [0, 0.05) is 24.7 Å². The van der Waals surface area contributed by atoms with Crippen LogP contribution in [0.25, 0.3) is 0 Å². The van der Waals surface area contributed by atoms with E-state index in [1.807, 2.05) is 0 Å². The maximum Gasteiger partial charge on any atom is 0.261 e. The Hall–Kier alpha value is -1.21. The number of hydrogen-bond donors (Lipinski definition) is 1. The minimum absolute atomic E-state index is 0.0234. The van der Waals surface area contributed by atoms with Crippen molar-refractivity contribution in [3.8, 4) is 0 Å². The van der Waals surface area contributed by atoms with Gasteiger partial charge < -0.3 is 10.1 Å². The predicted octanol–water partition coefficient (Wildman–Crippen LogP) is 2.48. The summed E-state index contributed by atoms with van der Waals surface area (Å²) >= 11 is 0. The summed E-state index contributed by atoms with van der Waals surface area (Å²) < 4.78 is 66.4. The zero-order valence-electron chi connectivity index (χ0n) is 9.36. The second kappa shape index (κ2) is 7.27. The lowest BCUT2D eigenvalue weighted by Gasteiger charge is -2.07. The van der Waals surface area contributed by atoms with Gasteiger partial charge in [0.1, 0.15) is 12.4 Å². The van der Waals surface area contributed by atoms with Crippen molar-refractivity contribution in [2.24, 2.45) is 0 Å². The van der Waals surface area contributed by atoms with Crippen LogP contribution in [0.1, 0.15) is 5.56 Å². The van der Waals surface area contributed by atoms with Gasteiger partial charge in [0.25, 0.3) is 6.43 Å². The van der Waals surface area contributed by atoms with E-state index in [-0.39, 0.29) is 25.3 Å². The first-order valence-electron chi connectivity index (χ1n) is 5.20. The fourth-order valence-corrected chi connectivity index (χ4v) is 1.24. The van der Waals surface area contributed by atoms with E-state index in [9.17, 15) is 22.0 Å². The standard InChI is InChI=1S/C11H12F5NO/c12-8-4-10(14)9(13)3-7(8)5-17-1-2-18-6-11(15)16/h3-4,11,17H,1-2,5-6H2. The van der Waals surface area contributed by atoms with Crippen LogP contribution in [0.4, 0.5) is 22.0 Å². The highest BCUT2D eigenvalue weighted by Crippen LogP contribution is 2.13. The Morgan fingerprint density at radius 1 is 1.06 bits per heavy atom. The Morgan fingerprint density at radius 3 is 2.39 bits per heavy atom. The SMILES string of the molecule is Fc1cc(F)c(CNCCOCC(F)F)cc1F. The molecule has 18 heavy (non-hydrogen) atoms. The van der Waals surface area contributed by atoms with Crippen LogP contribution >= 0.6 is 0 Å². The lowest BCUT2D eigenvalue weighted by atomic mass is 10.2. The lowest BCUT2D eigenvalue weighted by Crippen LogP contribution is -2.21. The Labute approximate surface area is 101 Å². The van der Waals surface area contributed by atoms with Crippen LogP contribution in [-0.4, -0.2) is 26.2 Å². The van der Waals surface area contributed by atoms with Gasteiger partial charge in [0.2, 0.25) is 0 Å². The van der Waals surface area contributed by atoms with Crippen LogP contribution in [0.5, 0.6) is 0 Å². The molecule has 0 aliphatic rings. The average Bonchev–Trinajstić information content (AvgIpc) is 2.29. The van der Waals surface area contributed by atoms with E-state index in [1.54, 1.807) is 0 Å². The van der Waals surface area contributed by atoms with Gasteiger partial charge in [0.15, 0.2) is 11.6 Å². The van der Waals surface area contributed by atoms with E-state index in [1.165, 1.54) is 0 Å². The van der Waals surface area contributed by atoms with Gasteiger partial charge in [-0.3, -0.25) is 0 Å². The maximum atomic E-state index is 13.1. The Bertz CT molecular complexity index is 386. The molecular weight excluding hydrogens is 257 g/mol. The summed E-state index contributed by atoms with van der Waals surface area (Å²) in [4.78, 5) is 0. The van der Waals surface area contributed by atoms with Crippen molar-refractivity contribution < 1.29 is 26.7 Å². The summed E-state index contributed by atoms with van der Waals surface area (Å²) in [6.07, 6.45) is -2.53. The molecule has 0 aliphatic heterocycles. The summed E-state index contributed by atoms with van der Waals surface area (Å²) in [6, 6.07) is 1.21. The largest absolute Gasteiger partial charge is 0.374 e. The quantitative estimate of drug-likeness (QED) is 0.466. The van der Waals surface area contributed by atoms with E-state index < -0.39 is 30.5 Å². The summed E-state index contributed by atoms with van der Waals surface area (Å²) in [5, 5.41) is 2.66. The fourth-order valence-electron chi connectivity index (χ4n) is 1.24. The first-order chi connectivity index (χ1) is 8.50. The first kappa shape index (κ1) is 14.8. The van der Waals surface area contributed by atoms with Crippen molar-refractivity contribution in [2.75, 3.05) is 19.8 Å². The summed E-state index contributed by atoms with van der Waals surface area (Å²) in [5.41, 5.74) is -0.0391. The number of benzene rings is 1. The highest BCUT2D eigenvalue weighted by atomic mass is 19.3. The smallest absolute Gasteiger partial charge is 0.261 e. The molecule has 0 unspecified atom stereocenters. The van der Waals surface area contributed by atoms with Crippen molar-refractivity contribution in [1.29, 1.82) is 0 Å². The number of alkyl halides is 2. The van der Waals surface area contributed by atoms with Crippen LogP contribution in [0, 0.1) is 17.5 Å². The first-order valence-corrected chi connectivity index (χ1v) is 5.20. The number of ether oxygens (including phenoxy) is 1. The van der Waals surface area contributed by atoms with Crippen LogP contribution in [-0.2, 0) is 11.3 Å². The number of rotatable bonds is 7. The van der Waals surface area contributed by atoms with E-state index >= 15 is 0 Å². The van der Waals surface area contributed by atoms with Crippen molar-refractivity contribution in [3.63, 3.8) is 0 Å². The normalized spacial score (nSPS) is 11.2. The zero-order chi connectivity index (χ0) is 13.5. The van der Waals surface area contributed by atoms with Gasteiger partial charge in [-0.2, -0.15) is 0 Å². The molecule has 0 amide bonds.